The van der Waals surface area contributed by atoms with Gasteiger partial charge in [0, 0.05) is 19.3 Å². The lowest BCUT2D eigenvalue weighted by Crippen LogP contribution is -2.34. The molecule has 3 nitrogen and oxygen atoms in total. The van der Waals surface area contributed by atoms with E-state index >= 15 is 0 Å². The summed E-state index contributed by atoms with van der Waals surface area (Å²) in [5.41, 5.74) is 1.40. The molecule has 5 unspecified atom stereocenters. The lowest BCUT2D eigenvalue weighted by molar-refractivity contribution is 0.349. The normalized spacial score (nSPS) is 37.7. The summed E-state index contributed by atoms with van der Waals surface area (Å²) in [5, 5.41) is 8.18. The van der Waals surface area contributed by atoms with Gasteiger partial charge < -0.3 is 5.32 Å². The van der Waals surface area contributed by atoms with E-state index in [1.807, 2.05) is 17.9 Å². The van der Waals surface area contributed by atoms with Crippen molar-refractivity contribution in [3.05, 3.63) is 18.0 Å². The van der Waals surface area contributed by atoms with Gasteiger partial charge in [-0.2, -0.15) is 5.10 Å². The van der Waals surface area contributed by atoms with E-state index < -0.39 is 0 Å². The summed E-state index contributed by atoms with van der Waals surface area (Å²) in [4.78, 5) is 0. The van der Waals surface area contributed by atoms with Crippen LogP contribution in [0.1, 0.15) is 44.6 Å². The zero-order valence-corrected chi connectivity index (χ0v) is 13.5. The van der Waals surface area contributed by atoms with E-state index in [1.165, 1.54) is 44.2 Å². The van der Waals surface area contributed by atoms with Crippen LogP contribution in [0.25, 0.3) is 0 Å². The van der Waals surface area contributed by atoms with Gasteiger partial charge >= 0.3 is 0 Å². The van der Waals surface area contributed by atoms with Gasteiger partial charge in [-0.25, -0.2) is 0 Å². The van der Waals surface area contributed by atoms with Gasteiger partial charge in [-0.1, -0.05) is 6.92 Å². The number of aryl methyl sites for hydroxylation is 2. The van der Waals surface area contributed by atoms with Gasteiger partial charge in [0.2, 0.25) is 0 Å². The van der Waals surface area contributed by atoms with Crippen molar-refractivity contribution in [1.82, 2.24) is 15.1 Å². The Balaban J connectivity index is 1.38. The third-order valence-corrected chi connectivity index (χ3v) is 6.42. The van der Waals surface area contributed by atoms with Crippen molar-refractivity contribution >= 4 is 0 Å². The molecule has 1 aromatic rings. The zero-order valence-electron chi connectivity index (χ0n) is 13.5. The van der Waals surface area contributed by atoms with Crippen molar-refractivity contribution in [1.29, 1.82) is 0 Å². The minimum Gasteiger partial charge on any atom is -0.314 e. The van der Waals surface area contributed by atoms with E-state index in [0.717, 1.165) is 35.6 Å². The number of aromatic nitrogens is 2. The second kappa shape index (κ2) is 5.42. The first-order chi connectivity index (χ1) is 10.3. The van der Waals surface area contributed by atoms with Gasteiger partial charge in [-0.15, -0.1) is 0 Å². The second-order valence-corrected chi connectivity index (χ2v) is 7.69. The second-order valence-electron chi connectivity index (χ2n) is 7.69. The van der Waals surface area contributed by atoms with Gasteiger partial charge in [-0.3, -0.25) is 4.68 Å². The molecular weight excluding hydrogens is 258 g/mol. The van der Waals surface area contributed by atoms with Crippen molar-refractivity contribution < 1.29 is 0 Å². The molecule has 3 aliphatic rings. The van der Waals surface area contributed by atoms with E-state index in [9.17, 15) is 0 Å². The molecule has 1 N–H and O–H groups in total. The largest absolute Gasteiger partial charge is 0.314 e. The van der Waals surface area contributed by atoms with E-state index in [2.05, 4.69) is 23.5 Å². The van der Waals surface area contributed by atoms with Crippen LogP contribution in [0.15, 0.2) is 12.4 Å². The molecule has 0 aromatic carbocycles. The average Bonchev–Trinajstić information content (AvgIpc) is 2.83. The summed E-state index contributed by atoms with van der Waals surface area (Å²) >= 11 is 0. The molecule has 0 spiro atoms. The molecule has 5 atom stereocenters. The minimum atomic E-state index is 0.753. The van der Waals surface area contributed by atoms with Crippen molar-refractivity contribution in [3.63, 3.8) is 0 Å². The molecule has 1 aromatic heterocycles. The van der Waals surface area contributed by atoms with Crippen LogP contribution in [0.2, 0.25) is 0 Å². The van der Waals surface area contributed by atoms with Crippen molar-refractivity contribution in [2.45, 2.75) is 51.5 Å². The fraction of sp³-hybridized carbons (Fsp3) is 0.833. The number of rotatable bonds is 7. The van der Waals surface area contributed by atoms with E-state index in [0.29, 0.717) is 0 Å². The first-order valence-electron chi connectivity index (χ1n) is 8.99. The van der Waals surface area contributed by atoms with Gasteiger partial charge in [0.05, 0.1) is 6.20 Å². The summed E-state index contributed by atoms with van der Waals surface area (Å²) in [6.07, 6.45) is 12.6. The van der Waals surface area contributed by atoms with Crippen molar-refractivity contribution in [2.24, 2.45) is 36.6 Å². The summed E-state index contributed by atoms with van der Waals surface area (Å²) in [6.45, 7) is 3.46. The van der Waals surface area contributed by atoms with Crippen molar-refractivity contribution in [3.8, 4) is 0 Å². The van der Waals surface area contributed by atoms with E-state index in [1.54, 1.807) is 6.42 Å². The number of hydrogen-bond donors (Lipinski definition) is 1. The first-order valence-corrected chi connectivity index (χ1v) is 8.99. The summed E-state index contributed by atoms with van der Waals surface area (Å²) in [5.74, 6) is 5.36. The maximum atomic E-state index is 4.30. The Hall–Kier alpha value is -0.830. The topological polar surface area (TPSA) is 29.9 Å². The quantitative estimate of drug-likeness (QED) is 0.835. The predicted octanol–water partition coefficient (Wildman–Crippen LogP) is 3.01. The molecular formula is C18H29N3. The van der Waals surface area contributed by atoms with Crippen LogP contribution in [0.3, 0.4) is 0 Å². The average molecular weight is 287 g/mol. The molecule has 21 heavy (non-hydrogen) atoms. The Bertz CT molecular complexity index is 478. The van der Waals surface area contributed by atoms with Crippen LogP contribution >= 0.6 is 0 Å². The zero-order chi connectivity index (χ0) is 14.4. The molecule has 0 aliphatic heterocycles. The highest BCUT2D eigenvalue weighted by Gasteiger charge is 2.66. The standard InChI is InChI=1S/C18H29N3/c1-3-8-19-15(7-4-12-10-20-21(2)11-12)18-16-13-5-6-14(9-13)17(16)18/h10-11,13-19H,3-9H2,1-2H3. The van der Waals surface area contributed by atoms with Crippen LogP contribution < -0.4 is 5.32 Å². The maximum Gasteiger partial charge on any atom is 0.0521 e. The lowest BCUT2D eigenvalue weighted by Gasteiger charge is -2.21. The highest BCUT2D eigenvalue weighted by atomic mass is 15.2. The lowest BCUT2D eigenvalue weighted by atomic mass is 9.94. The number of nitrogens with one attached hydrogen (secondary N) is 1. The van der Waals surface area contributed by atoms with Gasteiger partial charge in [-0.05, 0) is 80.2 Å². The molecule has 2 bridgehead atoms. The van der Waals surface area contributed by atoms with Crippen LogP contribution in [-0.2, 0) is 13.5 Å². The molecule has 3 heteroatoms. The summed E-state index contributed by atoms with van der Waals surface area (Å²) < 4.78 is 1.93. The molecule has 116 valence electrons. The molecule has 0 saturated heterocycles. The molecule has 3 fully saturated rings. The Kier molecular flexibility index (Phi) is 3.56. The summed E-state index contributed by atoms with van der Waals surface area (Å²) in [7, 11) is 2.01. The van der Waals surface area contributed by atoms with Crippen molar-refractivity contribution in [2.75, 3.05) is 6.54 Å². The molecule has 4 rings (SSSR count). The minimum absolute atomic E-state index is 0.753. The third-order valence-electron chi connectivity index (χ3n) is 6.42. The molecule has 3 aliphatic carbocycles. The number of fused-ring (bicyclic) bond motifs is 5. The molecule has 0 radical (unpaired) electrons. The molecule has 0 amide bonds. The third kappa shape index (κ3) is 2.44. The maximum absolute atomic E-state index is 4.30. The molecule has 3 saturated carbocycles. The van der Waals surface area contributed by atoms with E-state index in [-0.39, 0.29) is 0 Å². The SMILES string of the molecule is CCCNC(CCc1cnn(C)c1)C1C2C3CCC(C3)C21. The monoisotopic (exact) mass is 287 g/mol. The Labute approximate surface area is 128 Å². The highest BCUT2D eigenvalue weighted by Crippen LogP contribution is 2.70. The number of hydrogen-bond acceptors (Lipinski definition) is 2. The highest BCUT2D eigenvalue weighted by molar-refractivity contribution is 5.16. The Morgan fingerprint density at radius 2 is 2.10 bits per heavy atom. The fourth-order valence-electron chi connectivity index (χ4n) is 5.61. The molecule has 1 heterocycles. The summed E-state index contributed by atoms with van der Waals surface area (Å²) in [6, 6.07) is 0.753. The fourth-order valence-corrected chi connectivity index (χ4v) is 5.61. The van der Waals surface area contributed by atoms with Crippen LogP contribution in [0, 0.1) is 29.6 Å². The van der Waals surface area contributed by atoms with Crippen LogP contribution in [-0.4, -0.2) is 22.4 Å². The van der Waals surface area contributed by atoms with E-state index in [4.69, 9.17) is 0 Å². The smallest absolute Gasteiger partial charge is 0.0521 e. The first kappa shape index (κ1) is 13.8. The van der Waals surface area contributed by atoms with Crippen LogP contribution in [0.4, 0.5) is 0 Å². The van der Waals surface area contributed by atoms with Gasteiger partial charge in [0.25, 0.3) is 0 Å². The van der Waals surface area contributed by atoms with Gasteiger partial charge in [0.1, 0.15) is 0 Å². The Morgan fingerprint density at radius 1 is 1.33 bits per heavy atom. The van der Waals surface area contributed by atoms with Gasteiger partial charge in [0.15, 0.2) is 0 Å². The number of nitrogens with zero attached hydrogens (tertiary/aromatic N) is 2. The predicted molar refractivity (Wildman–Crippen MR) is 84.9 cm³/mol. The Morgan fingerprint density at radius 3 is 2.71 bits per heavy atom. The van der Waals surface area contributed by atoms with Crippen LogP contribution in [0.5, 0.6) is 0 Å².